The average molecular weight is 278 g/mol. The average Bonchev–Trinajstić information content (AvgIpc) is 2.41. The van der Waals surface area contributed by atoms with E-state index in [-0.39, 0.29) is 0 Å². The van der Waals surface area contributed by atoms with E-state index in [1.807, 2.05) is 6.08 Å². The van der Waals surface area contributed by atoms with Crippen LogP contribution in [0.15, 0.2) is 37.5 Å². The van der Waals surface area contributed by atoms with Crippen molar-refractivity contribution in [2.75, 3.05) is 0 Å². The van der Waals surface area contributed by atoms with Crippen LogP contribution in [0.1, 0.15) is 64.2 Å². The van der Waals surface area contributed by atoms with Gasteiger partial charge in [-0.1, -0.05) is 37.1 Å². The van der Waals surface area contributed by atoms with Crippen molar-refractivity contribution in [2.45, 2.75) is 75.4 Å². The zero-order valence-electron chi connectivity index (χ0n) is 12.7. The fourth-order valence-corrected chi connectivity index (χ4v) is 3.12. The van der Waals surface area contributed by atoms with E-state index in [4.69, 9.17) is 0 Å². The lowest BCUT2D eigenvalue weighted by molar-refractivity contribution is -0.163. The quantitative estimate of drug-likeness (QED) is 0.513. The number of unbranched alkanes of at least 4 members (excludes halogenated alkanes) is 3. The standard InChI is InChI=1S/C18H30O2/c1-3-5-6-7-10-15-18(20)16-12-9-8-11-14-17(18,19)13-4-2/h3-4,8-9,19-20H,1-2,5-7,10-16H2/t17-,18+/m0/s1. The third kappa shape index (κ3) is 4.60. The van der Waals surface area contributed by atoms with Crippen LogP contribution in [0.4, 0.5) is 0 Å². The summed E-state index contributed by atoms with van der Waals surface area (Å²) in [4.78, 5) is 0. The van der Waals surface area contributed by atoms with Crippen LogP contribution in [0.2, 0.25) is 0 Å². The minimum absolute atomic E-state index is 0.462. The predicted octanol–water partition coefficient (Wildman–Crippen LogP) is 4.29. The summed E-state index contributed by atoms with van der Waals surface area (Å²) < 4.78 is 0. The first kappa shape index (κ1) is 17.2. The minimum atomic E-state index is -1.03. The van der Waals surface area contributed by atoms with Gasteiger partial charge < -0.3 is 10.2 Å². The second kappa shape index (κ2) is 8.43. The predicted molar refractivity (Wildman–Crippen MR) is 85.6 cm³/mol. The fraction of sp³-hybridized carbons (Fsp3) is 0.667. The van der Waals surface area contributed by atoms with Crippen molar-refractivity contribution in [3.05, 3.63) is 37.5 Å². The maximum Gasteiger partial charge on any atom is 0.0970 e. The maximum atomic E-state index is 11.0. The lowest BCUT2D eigenvalue weighted by atomic mass is 9.71. The number of hydrogen-bond acceptors (Lipinski definition) is 2. The molecule has 0 aliphatic heterocycles. The van der Waals surface area contributed by atoms with E-state index in [1.165, 1.54) is 0 Å². The van der Waals surface area contributed by atoms with Gasteiger partial charge in [-0.15, -0.1) is 13.2 Å². The van der Waals surface area contributed by atoms with E-state index >= 15 is 0 Å². The topological polar surface area (TPSA) is 40.5 Å². The van der Waals surface area contributed by atoms with Gasteiger partial charge in [0.05, 0.1) is 11.2 Å². The van der Waals surface area contributed by atoms with Crippen LogP contribution in [-0.2, 0) is 0 Å². The molecule has 2 atom stereocenters. The van der Waals surface area contributed by atoms with E-state index in [9.17, 15) is 10.2 Å². The highest BCUT2D eigenvalue weighted by Crippen LogP contribution is 2.39. The first-order valence-corrected chi connectivity index (χ1v) is 7.89. The van der Waals surface area contributed by atoms with Crippen LogP contribution in [0.5, 0.6) is 0 Å². The smallest absolute Gasteiger partial charge is 0.0970 e. The lowest BCUT2D eigenvalue weighted by Crippen LogP contribution is -2.54. The normalized spacial score (nSPS) is 30.5. The van der Waals surface area contributed by atoms with E-state index < -0.39 is 11.2 Å². The van der Waals surface area contributed by atoms with Crippen molar-refractivity contribution in [1.29, 1.82) is 0 Å². The van der Waals surface area contributed by atoms with Gasteiger partial charge in [-0.05, 0) is 51.4 Å². The molecule has 114 valence electrons. The van der Waals surface area contributed by atoms with Gasteiger partial charge in [-0.2, -0.15) is 0 Å². The molecule has 0 saturated heterocycles. The molecule has 0 unspecified atom stereocenters. The van der Waals surface area contributed by atoms with Crippen LogP contribution in [0.3, 0.4) is 0 Å². The first-order valence-electron chi connectivity index (χ1n) is 7.89. The highest BCUT2D eigenvalue weighted by molar-refractivity contribution is 5.06. The molecule has 2 N–H and O–H groups in total. The molecule has 0 heterocycles. The van der Waals surface area contributed by atoms with Crippen LogP contribution < -0.4 is 0 Å². The minimum Gasteiger partial charge on any atom is -0.387 e. The molecule has 0 aromatic rings. The Morgan fingerprint density at radius 3 is 2.15 bits per heavy atom. The summed E-state index contributed by atoms with van der Waals surface area (Å²) >= 11 is 0. The Balaban J connectivity index is 2.68. The van der Waals surface area contributed by atoms with Gasteiger partial charge in [0.25, 0.3) is 0 Å². The molecule has 2 nitrogen and oxygen atoms in total. The van der Waals surface area contributed by atoms with E-state index in [0.717, 1.165) is 38.5 Å². The molecule has 20 heavy (non-hydrogen) atoms. The van der Waals surface area contributed by atoms with Gasteiger partial charge in [0.1, 0.15) is 0 Å². The summed E-state index contributed by atoms with van der Waals surface area (Å²) in [7, 11) is 0. The SMILES string of the molecule is C=CCCCCC[C@@]1(O)CCC=CCC[C@@]1(O)CC=C. The molecule has 0 bridgehead atoms. The molecular formula is C18H30O2. The molecule has 2 heteroatoms. The second-order valence-electron chi connectivity index (χ2n) is 5.99. The monoisotopic (exact) mass is 278 g/mol. The Bertz CT molecular complexity index is 334. The molecule has 1 rings (SSSR count). The van der Waals surface area contributed by atoms with Gasteiger partial charge in [0.2, 0.25) is 0 Å². The van der Waals surface area contributed by atoms with Crippen molar-refractivity contribution >= 4 is 0 Å². The molecular weight excluding hydrogens is 248 g/mol. The zero-order chi connectivity index (χ0) is 14.9. The molecule has 0 aromatic carbocycles. The molecule has 1 aliphatic rings. The van der Waals surface area contributed by atoms with E-state index in [2.05, 4.69) is 25.3 Å². The Morgan fingerprint density at radius 1 is 0.900 bits per heavy atom. The Morgan fingerprint density at radius 2 is 1.55 bits per heavy atom. The van der Waals surface area contributed by atoms with Gasteiger partial charge in [-0.3, -0.25) is 0 Å². The van der Waals surface area contributed by atoms with E-state index in [0.29, 0.717) is 25.7 Å². The fourth-order valence-electron chi connectivity index (χ4n) is 3.12. The van der Waals surface area contributed by atoms with Crippen molar-refractivity contribution < 1.29 is 10.2 Å². The van der Waals surface area contributed by atoms with Crippen molar-refractivity contribution in [1.82, 2.24) is 0 Å². The van der Waals surface area contributed by atoms with Crippen LogP contribution in [0.25, 0.3) is 0 Å². The summed E-state index contributed by atoms with van der Waals surface area (Å²) in [5, 5.41) is 22.0. The zero-order valence-corrected chi connectivity index (χ0v) is 12.7. The number of hydrogen-bond donors (Lipinski definition) is 2. The van der Waals surface area contributed by atoms with Gasteiger partial charge in [0.15, 0.2) is 0 Å². The molecule has 0 spiro atoms. The van der Waals surface area contributed by atoms with Crippen LogP contribution in [-0.4, -0.2) is 21.4 Å². The van der Waals surface area contributed by atoms with Crippen LogP contribution in [0, 0.1) is 0 Å². The first-order chi connectivity index (χ1) is 9.58. The summed E-state index contributed by atoms with van der Waals surface area (Å²) in [5.74, 6) is 0. The number of aliphatic hydroxyl groups is 2. The Labute approximate surface area is 123 Å². The molecule has 0 radical (unpaired) electrons. The van der Waals surface area contributed by atoms with Crippen molar-refractivity contribution in [3.63, 3.8) is 0 Å². The third-order valence-corrected chi connectivity index (χ3v) is 4.46. The number of rotatable bonds is 8. The largest absolute Gasteiger partial charge is 0.387 e. The summed E-state index contributed by atoms with van der Waals surface area (Å²) in [5.41, 5.74) is -2.02. The Hall–Kier alpha value is -0.860. The maximum absolute atomic E-state index is 11.0. The van der Waals surface area contributed by atoms with Gasteiger partial charge in [-0.25, -0.2) is 0 Å². The molecule has 0 fully saturated rings. The Kier molecular flexibility index (Phi) is 7.25. The van der Waals surface area contributed by atoms with E-state index in [1.54, 1.807) is 6.08 Å². The molecule has 1 aliphatic carbocycles. The summed E-state index contributed by atoms with van der Waals surface area (Å²) in [6.45, 7) is 7.46. The van der Waals surface area contributed by atoms with Crippen molar-refractivity contribution in [3.8, 4) is 0 Å². The molecule has 0 saturated carbocycles. The highest BCUT2D eigenvalue weighted by atomic mass is 16.4. The highest BCUT2D eigenvalue weighted by Gasteiger charge is 2.46. The summed E-state index contributed by atoms with van der Waals surface area (Å²) in [6.07, 6.45) is 16.1. The third-order valence-electron chi connectivity index (χ3n) is 4.46. The van der Waals surface area contributed by atoms with Gasteiger partial charge in [0, 0.05) is 0 Å². The second-order valence-corrected chi connectivity index (χ2v) is 5.99. The lowest BCUT2D eigenvalue weighted by Gasteiger charge is -2.44. The summed E-state index contributed by atoms with van der Waals surface area (Å²) in [6, 6.07) is 0. The van der Waals surface area contributed by atoms with Crippen molar-refractivity contribution in [2.24, 2.45) is 0 Å². The van der Waals surface area contributed by atoms with Crippen LogP contribution >= 0.6 is 0 Å². The molecule has 0 aromatic heterocycles. The molecule has 0 amide bonds. The van der Waals surface area contributed by atoms with Gasteiger partial charge >= 0.3 is 0 Å². The number of allylic oxidation sites excluding steroid dienone is 3.